The molecule has 2 heterocycles. The minimum absolute atomic E-state index is 0.199. The van der Waals surface area contributed by atoms with Gasteiger partial charge in [0.15, 0.2) is 0 Å². The summed E-state index contributed by atoms with van der Waals surface area (Å²) in [6.07, 6.45) is 2.96. The zero-order valence-corrected chi connectivity index (χ0v) is 10.4. The smallest absolute Gasteiger partial charge is 0.305 e. The molecular formula is C11H11N7O2. The lowest BCUT2D eigenvalue weighted by atomic mass is 10.3. The van der Waals surface area contributed by atoms with Crippen molar-refractivity contribution in [2.45, 2.75) is 12.8 Å². The summed E-state index contributed by atoms with van der Waals surface area (Å²) < 4.78 is 0. The molecule has 9 nitrogen and oxygen atoms in total. The Bertz CT molecular complexity index is 633. The number of pyridine rings is 1. The van der Waals surface area contributed by atoms with Gasteiger partial charge in [0.25, 0.3) is 0 Å². The number of nitrogens with zero attached hydrogens (tertiary/aromatic N) is 5. The molecule has 0 amide bonds. The Balaban J connectivity index is 1.90. The Labute approximate surface area is 113 Å². The topological polar surface area (TPSA) is 133 Å². The van der Waals surface area contributed by atoms with E-state index in [0.717, 1.165) is 18.7 Å². The summed E-state index contributed by atoms with van der Waals surface area (Å²) in [5, 5.41) is 29.0. The van der Waals surface area contributed by atoms with Gasteiger partial charge in [-0.05, 0) is 12.5 Å². The first-order valence-electron chi connectivity index (χ1n) is 5.84. The maximum absolute atomic E-state index is 10.7. The van der Waals surface area contributed by atoms with Gasteiger partial charge in [-0.15, -0.1) is 0 Å². The Kier molecular flexibility index (Phi) is 4.18. The predicted octanol–water partition coefficient (Wildman–Crippen LogP) is 1.02. The van der Waals surface area contributed by atoms with Crippen molar-refractivity contribution in [3.05, 3.63) is 40.1 Å². The van der Waals surface area contributed by atoms with E-state index in [1.165, 1.54) is 18.5 Å². The number of anilines is 1. The van der Waals surface area contributed by atoms with Gasteiger partial charge in [-0.2, -0.15) is 10.4 Å². The van der Waals surface area contributed by atoms with Crippen molar-refractivity contribution in [2.75, 3.05) is 11.9 Å². The molecule has 0 aliphatic rings. The van der Waals surface area contributed by atoms with Crippen LogP contribution in [-0.2, 0) is 6.42 Å². The van der Waals surface area contributed by atoms with Crippen molar-refractivity contribution in [3.8, 4) is 6.07 Å². The van der Waals surface area contributed by atoms with Crippen LogP contribution < -0.4 is 5.32 Å². The highest BCUT2D eigenvalue weighted by Gasteiger charge is 2.15. The number of nitriles is 1. The van der Waals surface area contributed by atoms with E-state index in [9.17, 15) is 10.1 Å². The first-order chi connectivity index (χ1) is 9.70. The van der Waals surface area contributed by atoms with Crippen molar-refractivity contribution >= 4 is 11.5 Å². The first kappa shape index (κ1) is 13.4. The molecule has 2 rings (SSSR count). The van der Waals surface area contributed by atoms with Crippen LogP contribution in [0, 0.1) is 21.4 Å². The largest absolute Gasteiger partial charge is 0.370 e. The van der Waals surface area contributed by atoms with Gasteiger partial charge in [0.05, 0.1) is 4.92 Å². The predicted molar refractivity (Wildman–Crippen MR) is 68.8 cm³/mol. The third kappa shape index (κ3) is 3.26. The third-order valence-electron chi connectivity index (χ3n) is 2.54. The summed E-state index contributed by atoms with van der Waals surface area (Å²) >= 11 is 0. The molecule has 2 N–H and O–H groups in total. The second kappa shape index (κ2) is 6.24. The second-order valence-electron chi connectivity index (χ2n) is 3.90. The molecule has 0 atom stereocenters. The van der Waals surface area contributed by atoms with E-state index in [0.29, 0.717) is 12.4 Å². The van der Waals surface area contributed by atoms with Crippen LogP contribution in [0.2, 0.25) is 0 Å². The fraction of sp³-hybridized carbons (Fsp3) is 0.273. The maximum atomic E-state index is 10.7. The highest BCUT2D eigenvalue weighted by molar-refractivity contribution is 5.50. The van der Waals surface area contributed by atoms with Gasteiger partial charge >= 0.3 is 5.69 Å². The van der Waals surface area contributed by atoms with E-state index >= 15 is 0 Å². The van der Waals surface area contributed by atoms with Gasteiger partial charge < -0.3 is 5.32 Å². The van der Waals surface area contributed by atoms with E-state index in [1.807, 2.05) is 0 Å². The van der Waals surface area contributed by atoms with Crippen LogP contribution in [0.4, 0.5) is 11.5 Å². The SMILES string of the molecule is N#Cc1nc(NCCCc2ncn[nH]2)ccc1[N+](=O)[O-]. The highest BCUT2D eigenvalue weighted by Crippen LogP contribution is 2.17. The van der Waals surface area contributed by atoms with Crippen LogP contribution in [0.5, 0.6) is 0 Å². The summed E-state index contributed by atoms with van der Waals surface area (Å²) in [4.78, 5) is 17.9. The zero-order chi connectivity index (χ0) is 14.4. The molecule has 9 heteroatoms. The fourth-order valence-electron chi connectivity index (χ4n) is 1.60. The molecule has 0 aromatic carbocycles. The van der Waals surface area contributed by atoms with Crippen LogP contribution in [0.15, 0.2) is 18.5 Å². The van der Waals surface area contributed by atoms with Crippen LogP contribution in [0.3, 0.4) is 0 Å². The minimum atomic E-state index is -0.626. The Morgan fingerprint density at radius 3 is 3.00 bits per heavy atom. The Morgan fingerprint density at radius 2 is 2.35 bits per heavy atom. The van der Waals surface area contributed by atoms with Gasteiger partial charge in [0, 0.05) is 19.0 Å². The van der Waals surface area contributed by atoms with Crippen molar-refractivity contribution in [1.29, 1.82) is 5.26 Å². The average Bonchev–Trinajstić information content (AvgIpc) is 2.96. The zero-order valence-electron chi connectivity index (χ0n) is 10.4. The van der Waals surface area contributed by atoms with Gasteiger partial charge in [-0.25, -0.2) is 9.97 Å². The highest BCUT2D eigenvalue weighted by atomic mass is 16.6. The summed E-state index contributed by atoms with van der Waals surface area (Å²) in [5.74, 6) is 1.23. The lowest BCUT2D eigenvalue weighted by molar-refractivity contribution is -0.385. The lowest BCUT2D eigenvalue weighted by Gasteiger charge is -2.04. The van der Waals surface area contributed by atoms with E-state index in [-0.39, 0.29) is 11.4 Å². The van der Waals surface area contributed by atoms with Crippen molar-refractivity contribution in [2.24, 2.45) is 0 Å². The average molecular weight is 273 g/mol. The molecule has 20 heavy (non-hydrogen) atoms. The quantitative estimate of drug-likeness (QED) is 0.456. The van der Waals surface area contributed by atoms with Gasteiger partial charge in [0.1, 0.15) is 24.0 Å². The molecule has 2 aromatic heterocycles. The van der Waals surface area contributed by atoms with Crippen LogP contribution >= 0.6 is 0 Å². The molecule has 2 aromatic rings. The molecule has 0 radical (unpaired) electrons. The maximum Gasteiger partial charge on any atom is 0.305 e. The second-order valence-corrected chi connectivity index (χ2v) is 3.90. The van der Waals surface area contributed by atoms with Gasteiger partial charge in [-0.1, -0.05) is 0 Å². The van der Waals surface area contributed by atoms with Crippen LogP contribution in [0.1, 0.15) is 17.9 Å². The third-order valence-corrected chi connectivity index (χ3v) is 2.54. The van der Waals surface area contributed by atoms with Gasteiger partial charge in [0.2, 0.25) is 5.69 Å². The monoisotopic (exact) mass is 273 g/mol. The number of aromatic amines is 1. The van der Waals surface area contributed by atoms with Gasteiger partial charge in [-0.3, -0.25) is 15.2 Å². The number of hydrogen-bond acceptors (Lipinski definition) is 7. The number of H-pyrrole nitrogens is 1. The molecule has 0 spiro atoms. The molecule has 0 saturated carbocycles. The Morgan fingerprint density at radius 1 is 1.50 bits per heavy atom. The minimum Gasteiger partial charge on any atom is -0.370 e. The van der Waals surface area contributed by atoms with Crippen LogP contribution in [0.25, 0.3) is 0 Å². The van der Waals surface area contributed by atoms with E-state index in [4.69, 9.17) is 5.26 Å². The molecule has 0 aliphatic heterocycles. The summed E-state index contributed by atoms with van der Waals surface area (Å²) in [7, 11) is 0. The number of aromatic nitrogens is 4. The molecule has 102 valence electrons. The molecule has 0 aliphatic carbocycles. The summed E-state index contributed by atoms with van der Waals surface area (Å²) in [5.41, 5.74) is -0.491. The lowest BCUT2D eigenvalue weighted by Crippen LogP contribution is -2.06. The number of aryl methyl sites for hydroxylation is 1. The number of nitro groups is 1. The van der Waals surface area contributed by atoms with Crippen molar-refractivity contribution in [3.63, 3.8) is 0 Å². The van der Waals surface area contributed by atoms with Crippen molar-refractivity contribution in [1.82, 2.24) is 20.2 Å². The first-order valence-corrected chi connectivity index (χ1v) is 5.84. The van der Waals surface area contributed by atoms with Crippen LogP contribution in [-0.4, -0.2) is 31.6 Å². The summed E-state index contributed by atoms with van der Waals surface area (Å²) in [6.45, 7) is 0.608. The fourth-order valence-corrected chi connectivity index (χ4v) is 1.60. The molecule has 0 unspecified atom stereocenters. The molecule has 0 bridgehead atoms. The standard InChI is InChI=1S/C11H11N7O2/c12-6-8-9(18(19)20)3-4-10(16-8)13-5-1-2-11-14-7-15-17-11/h3-4,7H,1-2,5H2,(H,13,16)(H,14,15,17). The van der Waals surface area contributed by atoms with E-state index in [1.54, 1.807) is 6.07 Å². The molecule has 0 fully saturated rings. The van der Waals surface area contributed by atoms with E-state index < -0.39 is 4.92 Å². The summed E-state index contributed by atoms with van der Waals surface area (Å²) in [6, 6.07) is 4.46. The molecular weight excluding hydrogens is 262 g/mol. The van der Waals surface area contributed by atoms with E-state index in [2.05, 4.69) is 25.5 Å². The number of nitrogens with one attached hydrogen (secondary N) is 2. The van der Waals surface area contributed by atoms with Crippen molar-refractivity contribution < 1.29 is 4.92 Å². The number of hydrogen-bond donors (Lipinski definition) is 2. The Hall–Kier alpha value is -3.02. The normalized spacial score (nSPS) is 9.95. The molecule has 0 saturated heterocycles. The number of rotatable bonds is 6.